The van der Waals surface area contributed by atoms with Crippen LogP contribution in [0.4, 0.5) is 0 Å². The Morgan fingerprint density at radius 1 is 1.20 bits per heavy atom. The van der Waals surface area contributed by atoms with Gasteiger partial charge in [-0.15, -0.1) is 9.24 Å². The average Bonchev–Trinajstić information content (AvgIpc) is 2.03. The predicted octanol–water partition coefficient (Wildman–Crippen LogP) is 2.04. The summed E-state index contributed by atoms with van der Waals surface area (Å²) < 4.78 is 5.18. The maximum atomic E-state index is 5.18. The molecule has 54 valence electrons. The molecule has 1 atom stereocenters. The molecular weight excluding hydrogens is 143 g/mol. The summed E-state index contributed by atoms with van der Waals surface area (Å²) in [6, 6.07) is 10.1. The third kappa shape index (κ3) is 2.47. The predicted molar refractivity (Wildman–Crippen MR) is 45.8 cm³/mol. The summed E-state index contributed by atoms with van der Waals surface area (Å²) in [5, 5.41) is 0. The van der Waals surface area contributed by atoms with Crippen LogP contribution in [0, 0.1) is 0 Å². The summed E-state index contributed by atoms with van der Waals surface area (Å²) in [7, 11) is 2.53. The van der Waals surface area contributed by atoms with Crippen molar-refractivity contribution in [3.8, 4) is 0 Å². The van der Waals surface area contributed by atoms with Crippen LogP contribution in [0.5, 0.6) is 0 Å². The van der Waals surface area contributed by atoms with E-state index in [1.807, 2.05) is 18.2 Å². The standard InChI is InChI=1S/C8H11OP/c10-7-9-6-8-4-2-1-3-5-8/h1-5H,6-7,10H2. The first kappa shape index (κ1) is 7.71. The average molecular weight is 154 g/mol. The van der Waals surface area contributed by atoms with Gasteiger partial charge in [-0.25, -0.2) is 0 Å². The molecule has 1 aromatic rings. The topological polar surface area (TPSA) is 9.23 Å². The Labute approximate surface area is 63.6 Å². The Morgan fingerprint density at radius 2 is 1.90 bits per heavy atom. The lowest BCUT2D eigenvalue weighted by molar-refractivity contribution is 0.168. The van der Waals surface area contributed by atoms with Gasteiger partial charge < -0.3 is 4.74 Å². The van der Waals surface area contributed by atoms with Crippen molar-refractivity contribution in [2.75, 3.05) is 6.35 Å². The monoisotopic (exact) mass is 154 g/mol. The maximum Gasteiger partial charge on any atom is 0.0721 e. The molecule has 0 bridgehead atoms. The highest BCUT2D eigenvalue weighted by molar-refractivity contribution is 7.16. The van der Waals surface area contributed by atoms with Gasteiger partial charge in [0.2, 0.25) is 0 Å². The summed E-state index contributed by atoms with van der Waals surface area (Å²) in [6.45, 7) is 0.713. The molecule has 0 aliphatic carbocycles. The van der Waals surface area contributed by atoms with Crippen LogP contribution in [-0.2, 0) is 11.3 Å². The van der Waals surface area contributed by atoms with Crippen molar-refractivity contribution in [2.45, 2.75) is 6.61 Å². The molecule has 10 heavy (non-hydrogen) atoms. The molecule has 0 saturated carbocycles. The zero-order valence-corrected chi connectivity index (χ0v) is 6.94. The van der Waals surface area contributed by atoms with Gasteiger partial charge in [-0.1, -0.05) is 30.3 Å². The Balaban J connectivity index is 2.43. The molecule has 0 N–H and O–H groups in total. The first-order valence-corrected chi connectivity index (χ1v) is 4.07. The highest BCUT2D eigenvalue weighted by Gasteiger charge is 1.86. The van der Waals surface area contributed by atoms with Crippen molar-refractivity contribution in [3.05, 3.63) is 35.9 Å². The molecule has 0 saturated heterocycles. The second kappa shape index (κ2) is 4.43. The molecule has 2 heteroatoms. The molecule has 0 fully saturated rings. The molecule has 1 unspecified atom stereocenters. The van der Waals surface area contributed by atoms with Crippen LogP contribution in [0.1, 0.15) is 5.56 Å². The minimum atomic E-state index is 0.703. The third-order valence-electron chi connectivity index (χ3n) is 1.23. The molecule has 1 nitrogen and oxygen atoms in total. The summed E-state index contributed by atoms with van der Waals surface area (Å²) in [6.07, 6.45) is 0.703. The lowest BCUT2D eigenvalue weighted by Gasteiger charge is -1.98. The quantitative estimate of drug-likeness (QED) is 0.605. The van der Waals surface area contributed by atoms with Crippen LogP contribution >= 0.6 is 9.24 Å². The van der Waals surface area contributed by atoms with Crippen LogP contribution in [0.3, 0.4) is 0 Å². The first-order chi connectivity index (χ1) is 4.93. The second-order valence-electron chi connectivity index (χ2n) is 2.00. The van der Waals surface area contributed by atoms with Crippen molar-refractivity contribution in [1.82, 2.24) is 0 Å². The van der Waals surface area contributed by atoms with E-state index in [0.29, 0.717) is 13.0 Å². The van der Waals surface area contributed by atoms with Gasteiger partial charge in [-0.2, -0.15) is 0 Å². The Hall–Kier alpha value is -0.390. The first-order valence-electron chi connectivity index (χ1n) is 3.25. The van der Waals surface area contributed by atoms with E-state index >= 15 is 0 Å². The summed E-state index contributed by atoms with van der Waals surface area (Å²) in [5.74, 6) is 0. The van der Waals surface area contributed by atoms with Gasteiger partial charge in [-0.05, 0) is 5.56 Å². The fraction of sp³-hybridized carbons (Fsp3) is 0.250. The molecular formula is C8H11OP. The molecule has 0 aliphatic heterocycles. The van der Waals surface area contributed by atoms with Crippen LogP contribution in [0.2, 0.25) is 0 Å². The van der Waals surface area contributed by atoms with Crippen molar-refractivity contribution < 1.29 is 4.74 Å². The molecule has 0 radical (unpaired) electrons. The van der Waals surface area contributed by atoms with E-state index in [9.17, 15) is 0 Å². The molecule has 1 rings (SSSR count). The second-order valence-corrected chi connectivity index (χ2v) is 2.33. The lowest BCUT2D eigenvalue weighted by atomic mass is 10.2. The van der Waals surface area contributed by atoms with Crippen molar-refractivity contribution >= 4 is 9.24 Å². The number of benzene rings is 1. The number of hydrogen-bond donors (Lipinski definition) is 0. The molecule has 0 aliphatic rings. The van der Waals surface area contributed by atoms with Gasteiger partial charge in [0.05, 0.1) is 13.0 Å². The number of hydrogen-bond acceptors (Lipinski definition) is 1. The van der Waals surface area contributed by atoms with Crippen LogP contribution in [0.25, 0.3) is 0 Å². The number of ether oxygens (including phenoxy) is 1. The smallest absolute Gasteiger partial charge is 0.0721 e. The molecule has 0 spiro atoms. The van der Waals surface area contributed by atoms with E-state index in [2.05, 4.69) is 21.4 Å². The normalized spacial score (nSPS) is 9.70. The van der Waals surface area contributed by atoms with Crippen molar-refractivity contribution in [3.63, 3.8) is 0 Å². The van der Waals surface area contributed by atoms with Crippen LogP contribution < -0.4 is 0 Å². The Kier molecular flexibility index (Phi) is 3.42. The molecule has 0 heterocycles. The van der Waals surface area contributed by atoms with Gasteiger partial charge in [0.15, 0.2) is 0 Å². The molecule has 1 aromatic carbocycles. The summed E-state index contributed by atoms with van der Waals surface area (Å²) >= 11 is 0. The zero-order chi connectivity index (χ0) is 7.23. The largest absolute Gasteiger partial charge is 0.373 e. The fourth-order valence-electron chi connectivity index (χ4n) is 0.751. The van der Waals surface area contributed by atoms with Crippen molar-refractivity contribution in [2.24, 2.45) is 0 Å². The van der Waals surface area contributed by atoms with E-state index in [-0.39, 0.29) is 0 Å². The summed E-state index contributed by atoms with van der Waals surface area (Å²) in [5.41, 5.74) is 1.23. The Bertz CT molecular complexity index is 174. The third-order valence-corrected chi connectivity index (χ3v) is 1.47. The fourth-order valence-corrected chi connectivity index (χ4v) is 0.869. The van der Waals surface area contributed by atoms with Gasteiger partial charge >= 0.3 is 0 Å². The van der Waals surface area contributed by atoms with Crippen LogP contribution in [-0.4, -0.2) is 6.35 Å². The van der Waals surface area contributed by atoms with Gasteiger partial charge in [0.1, 0.15) is 0 Å². The highest BCUT2D eigenvalue weighted by Crippen LogP contribution is 2.00. The lowest BCUT2D eigenvalue weighted by Crippen LogP contribution is -1.88. The number of rotatable bonds is 3. The van der Waals surface area contributed by atoms with E-state index in [4.69, 9.17) is 4.74 Å². The van der Waals surface area contributed by atoms with E-state index < -0.39 is 0 Å². The van der Waals surface area contributed by atoms with Crippen LogP contribution in [0.15, 0.2) is 30.3 Å². The van der Waals surface area contributed by atoms with E-state index in [0.717, 1.165) is 0 Å². The van der Waals surface area contributed by atoms with E-state index in [1.54, 1.807) is 0 Å². The van der Waals surface area contributed by atoms with Gasteiger partial charge in [0.25, 0.3) is 0 Å². The summed E-state index contributed by atoms with van der Waals surface area (Å²) in [4.78, 5) is 0. The SMILES string of the molecule is PCOCc1ccccc1. The zero-order valence-electron chi connectivity index (χ0n) is 5.79. The van der Waals surface area contributed by atoms with Gasteiger partial charge in [-0.3, -0.25) is 0 Å². The Morgan fingerprint density at radius 3 is 2.50 bits per heavy atom. The minimum Gasteiger partial charge on any atom is -0.373 e. The minimum absolute atomic E-state index is 0.703. The highest BCUT2D eigenvalue weighted by atomic mass is 31.0. The molecule has 0 aromatic heterocycles. The van der Waals surface area contributed by atoms with E-state index in [1.165, 1.54) is 5.56 Å². The molecule has 0 amide bonds. The van der Waals surface area contributed by atoms with Crippen molar-refractivity contribution in [1.29, 1.82) is 0 Å². The van der Waals surface area contributed by atoms with Gasteiger partial charge in [0, 0.05) is 0 Å². The maximum absolute atomic E-state index is 5.18.